The van der Waals surface area contributed by atoms with E-state index in [0.29, 0.717) is 31.2 Å². The van der Waals surface area contributed by atoms with Crippen molar-refractivity contribution in [3.05, 3.63) is 48.4 Å². The first-order valence-corrected chi connectivity index (χ1v) is 7.60. The van der Waals surface area contributed by atoms with Crippen LogP contribution in [0.25, 0.3) is 0 Å². The number of nitrogens with two attached hydrogens (primary N) is 1. The molecule has 6 nitrogen and oxygen atoms in total. The number of nitrogens with one attached hydrogen (secondary N) is 1. The second-order valence-corrected chi connectivity index (χ2v) is 5.09. The van der Waals surface area contributed by atoms with Crippen LogP contribution >= 0.6 is 0 Å². The molecule has 0 unspecified atom stereocenters. The molecule has 2 aromatic rings. The molecule has 23 heavy (non-hydrogen) atoms. The lowest BCUT2D eigenvalue weighted by Crippen LogP contribution is -2.87. The third-order valence-corrected chi connectivity index (χ3v) is 3.40. The summed E-state index contributed by atoms with van der Waals surface area (Å²) in [4.78, 5) is 11.8. The lowest BCUT2D eigenvalue weighted by Gasteiger charge is -2.11. The molecule has 0 fully saturated rings. The van der Waals surface area contributed by atoms with Gasteiger partial charge in [0, 0.05) is 0 Å². The van der Waals surface area contributed by atoms with Crippen molar-refractivity contribution in [1.82, 2.24) is 5.32 Å². The Bertz CT molecular complexity index is 598. The highest BCUT2D eigenvalue weighted by Gasteiger charge is 2.13. The van der Waals surface area contributed by atoms with E-state index in [1.165, 1.54) is 0 Å². The molecule has 1 amide bonds. The molecule has 1 aromatic carbocycles. The molecular formula is C17H23N2O4+. The Morgan fingerprint density at radius 1 is 1.26 bits per heavy atom. The number of hydrogen-bond donors (Lipinski definition) is 2. The van der Waals surface area contributed by atoms with Crippen molar-refractivity contribution >= 4 is 5.91 Å². The monoisotopic (exact) mass is 319 g/mol. The van der Waals surface area contributed by atoms with E-state index in [1.807, 2.05) is 48.6 Å². The van der Waals surface area contributed by atoms with Crippen molar-refractivity contribution in [2.24, 2.45) is 0 Å². The van der Waals surface area contributed by atoms with Gasteiger partial charge in [0.05, 0.1) is 19.9 Å². The highest BCUT2D eigenvalue weighted by molar-refractivity contribution is 5.76. The highest BCUT2D eigenvalue weighted by atomic mass is 16.5. The number of benzene rings is 1. The summed E-state index contributed by atoms with van der Waals surface area (Å²) in [6.45, 7) is 3.17. The standard InChI is InChI=1S/C17H22N2O4/c1-13(14-8-5-10-22-14)19-12-17(20)18-9-11-23-16-7-4-3-6-15(16)21-2/h3-8,10,13,19H,9,11-12H2,1-2H3,(H,18,20)/p+1/t13-/m1/s1. The first kappa shape index (κ1) is 16.9. The van der Waals surface area contributed by atoms with Gasteiger partial charge in [-0.05, 0) is 31.2 Å². The fourth-order valence-electron chi connectivity index (χ4n) is 2.11. The molecule has 0 bridgehead atoms. The number of hydrogen-bond acceptors (Lipinski definition) is 4. The number of carbonyl (C=O) groups excluding carboxylic acids is 1. The minimum absolute atomic E-state index is 0.0352. The van der Waals surface area contributed by atoms with Crippen molar-refractivity contribution in [1.29, 1.82) is 0 Å². The van der Waals surface area contributed by atoms with Crippen LogP contribution in [-0.2, 0) is 4.79 Å². The first-order valence-electron chi connectivity index (χ1n) is 7.60. The normalized spacial score (nSPS) is 11.7. The average Bonchev–Trinajstić information content (AvgIpc) is 3.11. The second-order valence-electron chi connectivity index (χ2n) is 5.09. The Labute approximate surface area is 135 Å². The van der Waals surface area contributed by atoms with Gasteiger partial charge in [0.1, 0.15) is 12.6 Å². The molecule has 1 aromatic heterocycles. The summed E-state index contributed by atoms with van der Waals surface area (Å²) < 4.78 is 16.1. The van der Waals surface area contributed by atoms with Crippen LogP contribution in [-0.4, -0.2) is 32.7 Å². The number of amides is 1. The molecule has 0 saturated heterocycles. The number of quaternary nitrogens is 1. The van der Waals surface area contributed by atoms with E-state index in [9.17, 15) is 4.79 Å². The van der Waals surface area contributed by atoms with Crippen molar-refractivity contribution < 1.29 is 24.0 Å². The minimum atomic E-state index is -0.0352. The van der Waals surface area contributed by atoms with Gasteiger partial charge in [0.15, 0.2) is 23.8 Å². The Morgan fingerprint density at radius 2 is 2.04 bits per heavy atom. The lowest BCUT2D eigenvalue weighted by atomic mass is 10.2. The van der Waals surface area contributed by atoms with Crippen molar-refractivity contribution in [3.8, 4) is 11.5 Å². The van der Waals surface area contributed by atoms with Gasteiger partial charge in [-0.25, -0.2) is 0 Å². The summed E-state index contributed by atoms with van der Waals surface area (Å²) in [6, 6.07) is 11.3. The van der Waals surface area contributed by atoms with Gasteiger partial charge in [-0.3, -0.25) is 4.79 Å². The topological polar surface area (TPSA) is 77.3 Å². The third-order valence-electron chi connectivity index (χ3n) is 3.40. The number of furan rings is 1. The predicted molar refractivity (Wildman–Crippen MR) is 85.4 cm³/mol. The summed E-state index contributed by atoms with van der Waals surface area (Å²) in [5.74, 6) is 2.17. The third kappa shape index (κ3) is 5.34. The van der Waals surface area contributed by atoms with Crippen LogP contribution in [0.15, 0.2) is 47.1 Å². The van der Waals surface area contributed by atoms with Crippen LogP contribution in [0.2, 0.25) is 0 Å². The summed E-state index contributed by atoms with van der Waals surface area (Å²) >= 11 is 0. The largest absolute Gasteiger partial charge is 0.493 e. The minimum Gasteiger partial charge on any atom is -0.493 e. The van der Waals surface area contributed by atoms with Crippen LogP contribution in [0.4, 0.5) is 0 Å². The molecule has 0 aliphatic carbocycles. The second kappa shape index (κ2) is 8.85. The predicted octanol–water partition coefficient (Wildman–Crippen LogP) is 1.11. The van der Waals surface area contributed by atoms with Gasteiger partial charge >= 0.3 is 0 Å². The molecule has 3 N–H and O–H groups in total. The van der Waals surface area contributed by atoms with Crippen LogP contribution in [0.3, 0.4) is 0 Å². The zero-order valence-corrected chi connectivity index (χ0v) is 13.5. The molecule has 0 aliphatic rings. The fourth-order valence-corrected chi connectivity index (χ4v) is 2.11. The SMILES string of the molecule is COc1ccccc1OCCNC(=O)C[NH2+][C@H](C)c1ccco1. The number of methoxy groups -OCH3 is 1. The van der Waals surface area contributed by atoms with Crippen molar-refractivity contribution in [2.75, 3.05) is 26.8 Å². The van der Waals surface area contributed by atoms with Gasteiger partial charge in [0.2, 0.25) is 0 Å². The van der Waals surface area contributed by atoms with Crippen LogP contribution in [0.1, 0.15) is 18.7 Å². The zero-order chi connectivity index (χ0) is 16.5. The summed E-state index contributed by atoms with van der Waals surface area (Å²) in [5, 5.41) is 4.75. The summed E-state index contributed by atoms with van der Waals surface area (Å²) in [6.07, 6.45) is 1.63. The molecule has 0 radical (unpaired) electrons. The van der Waals surface area contributed by atoms with E-state index in [2.05, 4.69) is 5.32 Å². The Kier molecular flexibility index (Phi) is 6.50. The van der Waals surface area contributed by atoms with Gasteiger partial charge in [0.25, 0.3) is 5.91 Å². The molecule has 1 heterocycles. The highest BCUT2D eigenvalue weighted by Crippen LogP contribution is 2.25. The van der Waals surface area contributed by atoms with Crippen molar-refractivity contribution in [2.45, 2.75) is 13.0 Å². The van der Waals surface area contributed by atoms with Gasteiger partial charge in [-0.2, -0.15) is 0 Å². The summed E-state index contributed by atoms with van der Waals surface area (Å²) in [5.41, 5.74) is 0. The van der Waals surface area contributed by atoms with E-state index < -0.39 is 0 Å². The number of ether oxygens (including phenoxy) is 2. The molecular weight excluding hydrogens is 296 g/mol. The maximum absolute atomic E-state index is 11.8. The van der Waals surface area contributed by atoms with Crippen LogP contribution in [0.5, 0.6) is 11.5 Å². The molecule has 6 heteroatoms. The quantitative estimate of drug-likeness (QED) is 0.679. The first-order chi connectivity index (χ1) is 11.2. The van der Waals surface area contributed by atoms with Gasteiger partial charge in [-0.15, -0.1) is 0 Å². The summed E-state index contributed by atoms with van der Waals surface area (Å²) in [7, 11) is 1.60. The molecule has 2 rings (SSSR count). The lowest BCUT2D eigenvalue weighted by molar-refractivity contribution is -0.684. The van der Waals surface area contributed by atoms with E-state index in [-0.39, 0.29) is 11.9 Å². The van der Waals surface area contributed by atoms with Crippen LogP contribution < -0.4 is 20.1 Å². The van der Waals surface area contributed by atoms with Crippen molar-refractivity contribution in [3.63, 3.8) is 0 Å². The molecule has 0 aliphatic heterocycles. The zero-order valence-electron chi connectivity index (χ0n) is 13.5. The van der Waals surface area contributed by atoms with Gasteiger partial charge in [-0.1, -0.05) is 12.1 Å². The van der Waals surface area contributed by atoms with Crippen LogP contribution in [0, 0.1) is 0 Å². The average molecular weight is 319 g/mol. The Morgan fingerprint density at radius 3 is 2.74 bits per heavy atom. The van der Waals surface area contributed by atoms with E-state index in [4.69, 9.17) is 13.9 Å². The number of para-hydroxylation sites is 2. The number of rotatable bonds is 9. The fraction of sp³-hybridized carbons (Fsp3) is 0.353. The van der Waals surface area contributed by atoms with E-state index in [1.54, 1.807) is 13.4 Å². The number of carbonyl (C=O) groups is 1. The Hall–Kier alpha value is -2.47. The van der Waals surface area contributed by atoms with E-state index >= 15 is 0 Å². The molecule has 124 valence electrons. The maximum Gasteiger partial charge on any atom is 0.275 e. The molecule has 1 atom stereocenters. The molecule has 0 spiro atoms. The van der Waals surface area contributed by atoms with E-state index in [0.717, 1.165) is 5.76 Å². The Balaban J connectivity index is 1.63. The smallest absolute Gasteiger partial charge is 0.275 e. The maximum atomic E-state index is 11.8. The van der Waals surface area contributed by atoms with Gasteiger partial charge < -0.3 is 24.5 Å². The molecule has 0 saturated carbocycles.